The van der Waals surface area contributed by atoms with Gasteiger partial charge in [0.2, 0.25) is 0 Å². The number of hydrogen-bond donors (Lipinski definition) is 3. The van der Waals surface area contributed by atoms with Crippen LogP contribution in [0.1, 0.15) is 59.8 Å². The van der Waals surface area contributed by atoms with E-state index in [1.807, 2.05) is 20.8 Å². The van der Waals surface area contributed by atoms with E-state index in [0.29, 0.717) is 12.8 Å². The number of rotatable bonds is 3. The van der Waals surface area contributed by atoms with Crippen molar-refractivity contribution in [3.8, 4) is 0 Å². The molecule has 0 aromatic rings. The molecule has 10 heteroatoms. The maximum Gasteiger partial charge on any atom is 0.417 e. The molecule has 2 amide bonds. The molecule has 2 saturated heterocycles. The van der Waals surface area contributed by atoms with Crippen LogP contribution < -0.4 is 5.32 Å². The third-order valence-corrected chi connectivity index (χ3v) is 11.0. The fourth-order valence-electron chi connectivity index (χ4n) is 8.46. The van der Waals surface area contributed by atoms with Crippen molar-refractivity contribution in [2.75, 3.05) is 13.2 Å². The van der Waals surface area contributed by atoms with Crippen LogP contribution in [0.25, 0.3) is 0 Å². The first-order valence-corrected chi connectivity index (χ1v) is 13.8. The molecule has 5 aliphatic rings. The molecule has 5 fully saturated rings. The maximum atomic E-state index is 13.5. The van der Waals surface area contributed by atoms with Gasteiger partial charge in [-0.2, -0.15) is 0 Å². The van der Waals surface area contributed by atoms with Crippen LogP contribution >= 0.6 is 0 Å². The molecule has 212 valence electrons. The molecule has 2 bridgehead atoms. The van der Waals surface area contributed by atoms with Gasteiger partial charge in [0.05, 0.1) is 19.3 Å². The Morgan fingerprint density at radius 3 is 2.47 bits per heavy atom. The molecular formula is C28H41NO9. The van der Waals surface area contributed by atoms with Crippen molar-refractivity contribution < 1.29 is 43.5 Å². The van der Waals surface area contributed by atoms with Gasteiger partial charge in [0.25, 0.3) is 0 Å². The van der Waals surface area contributed by atoms with E-state index in [1.54, 1.807) is 6.08 Å². The molecule has 0 aromatic carbocycles. The lowest BCUT2D eigenvalue weighted by atomic mass is 9.44. The minimum absolute atomic E-state index is 0.0483. The van der Waals surface area contributed by atoms with Crippen molar-refractivity contribution in [3.63, 3.8) is 0 Å². The number of hydrogen-bond acceptors (Lipinski definition) is 9. The molecule has 0 radical (unpaired) electrons. The molecule has 1 unspecified atom stereocenters. The zero-order chi connectivity index (χ0) is 27.6. The van der Waals surface area contributed by atoms with Gasteiger partial charge in [-0.1, -0.05) is 33.8 Å². The predicted molar refractivity (Wildman–Crippen MR) is 134 cm³/mol. The first kappa shape index (κ1) is 27.6. The van der Waals surface area contributed by atoms with Crippen LogP contribution in [0.2, 0.25) is 0 Å². The number of carbonyl (C=O) groups is 3. The number of imide groups is 1. The Kier molecular flexibility index (Phi) is 6.94. The number of Topliss-reactive ketones (excluding diaryl/α,β-unsaturated/α-hetero) is 1. The third-order valence-electron chi connectivity index (χ3n) is 11.0. The van der Waals surface area contributed by atoms with Gasteiger partial charge in [-0.3, -0.25) is 4.79 Å². The standard InChI is InChI=1S/C28H41NO9/c1-6-26(4)11-19(38-25(34)29-24(33)37-18-13-36-20-17(31)12-35-21(18)20)27(5)14(2)7-9-28(15(3)23(26)32)10-8-16(30)22(27)28/h6,14-15,17-23,31-32H,1,7-13H2,2-5H3,(H,29,33,34)/t14?,15-,17-,18+,19+,20+,21+,22-,23-,26+,27+,28-/m0/s1. The minimum Gasteiger partial charge on any atom is -0.445 e. The lowest BCUT2D eigenvalue weighted by molar-refractivity contribution is -0.191. The van der Waals surface area contributed by atoms with Gasteiger partial charge in [0.1, 0.15) is 30.2 Å². The van der Waals surface area contributed by atoms with Crippen LogP contribution in [0.15, 0.2) is 12.7 Å². The van der Waals surface area contributed by atoms with Crippen LogP contribution in [0.4, 0.5) is 9.59 Å². The Hall–Kier alpha value is -2.01. The Bertz CT molecular complexity index is 1000. The van der Waals surface area contributed by atoms with Crippen molar-refractivity contribution >= 4 is 18.0 Å². The fraction of sp³-hybridized carbons (Fsp3) is 0.821. The molecule has 3 N–H and O–H groups in total. The SMILES string of the molecule is C=C[C@]1(C)C[C@@H](OC(=O)NC(=O)O[C@@H]2CO[C@H]3[C@@H]2OC[C@@H]3O)[C@@]2(C)C(C)CC[C@]3(CCC(=O)[C@H]32)[C@@H](C)[C@@H]1O. The zero-order valence-corrected chi connectivity index (χ0v) is 22.7. The summed E-state index contributed by atoms with van der Waals surface area (Å²) in [5.74, 6) is -0.265. The van der Waals surface area contributed by atoms with Gasteiger partial charge in [-0.15, -0.1) is 6.58 Å². The van der Waals surface area contributed by atoms with Crippen LogP contribution in [0, 0.1) is 34.0 Å². The number of fused-ring (bicyclic) bond motifs is 1. The summed E-state index contributed by atoms with van der Waals surface area (Å²) in [5.41, 5.74) is -1.85. The van der Waals surface area contributed by atoms with Crippen molar-refractivity contribution in [1.82, 2.24) is 5.32 Å². The molecule has 3 saturated carbocycles. The second-order valence-electron chi connectivity index (χ2n) is 12.7. The topological polar surface area (TPSA) is 141 Å². The van der Waals surface area contributed by atoms with Gasteiger partial charge in [-0.05, 0) is 42.9 Å². The van der Waals surface area contributed by atoms with Gasteiger partial charge in [0, 0.05) is 23.2 Å². The third kappa shape index (κ3) is 4.01. The summed E-state index contributed by atoms with van der Waals surface area (Å²) in [5, 5.41) is 23.6. The van der Waals surface area contributed by atoms with Crippen LogP contribution in [-0.4, -0.2) is 78.0 Å². The first-order valence-electron chi connectivity index (χ1n) is 13.8. The molecular weight excluding hydrogens is 494 g/mol. The Labute approximate surface area is 223 Å². The fourth-order valence-corrected chi connectivity index (χ4v) is 8.46. The lowest BCUT2D eigenvalue weighted by Gasteiger charge is -2.61. The van der Waals surface area contributed by atoms with Crippen molar-refractivity contribution in [2.24, 2.45) is 34.0 Å². The number of nitrogens with one attached hydrogen (secondary N) is 1. The number of alkyl carbamates (subject to hydrolysis) is 2. The van der Waals surface area contributed by atoms with E-state index in [-0.39, 0.29) is 48.6 Å². The van der Waals surface area contributed by atoms with E-state index < -0.39 is 59.6 Å². The Balaban J connectivity index is 1.38. The van der Waals surface area contributed by atoms with Crippen LogP contribution in [0.5, 0.6) is 0 Å². The predicted octanol–water partition coefficient (Wildman–Crippen LogP) is 2.74. The summed E-state index contributed by atoms with van der Waals surface area (Å²) >= 11 is 0. The second-order valence-corrected chi connectivity index (χ2v) is 12.7. The largest absolute Gasteiger partial charge is 0.445 e. The van der Waals surface area contributed by atoms with Crippen molar-refractivity contribution in [1.29, 1.82) is 0 Å². The van der Waals surface area contributed by atoms with Gasteiger partial charge in [0.15, 0.2) is 6.10 Å². The monoisotopic (exact) mass is 535 g/mol. The van der Waals surface area contributed by atoms with E-state index >= 15 is 0 Å². The van der Waals surface area contributed by atoms with Gasteiger partial charge in [-0.25, -0.2) is 14.9 Å². The average molecular weight is 536 g/mol. The Morgan fingerprint density at radius 2 is 1.76 bits per heavy atom. The normalized spacial score (nSPS) is 49.8. The molecule has 0 aromatic heterocycles. The van der Waals surface area contributed by atoms with E-state index in [2.05, 4.69) is 18.8 Å². The summed E-state index contributed by atoms with van der Waals surface area (Å²) in [6.45, 7) is 12.2. The molecule has 12 atom stereocenters. The van der Waals surface area contributed by atoms with Crippen molar-refractivity contribution in [2.45, 2.75) is 96.4 Å². The average Bonchev–Trinajstić information content (AvgIpc) is 3.55. The van der Waals surface area contributed by atoms with E-state index in [4.69, 9.17) is 18.9 Å². The molecule has 0 spiro atoms. The molecule has 2 aliphatic heterocycles. The minimum atomic E-state index is -1.01. The summed E-state index contributed by atoms with van der Waals surface area (Å²) in [6, 6.07) is 0. The number of ether oxygens (including phenoxy) is 4. The number of aliphatic hydroxyl groups excluding tert-OH is 2. The smallest absolute Gasteiger partial charge is 0.417 e. The summed E-state index contributed by atoms with van der Waals surface area (Å²) in [6.07, 6.45) is -1.42. The summed E-state index contributed by atoms with van der Waals surface area (Å²) < 4.78 is 22.3. The highest BCUT2D eigenvalue weighted by atomic mass is 16.6. The van der Waals surface area contributed by atoms with E-state index in [9.17, 15) is 24.6 Å². The summed E-state index contributed by atoms with van der Waals surface area (Å²) in [7, 11) is 0. The molecule has 2 heterocycles. The molecule has 3 aliphatic carbocycles. The second kappa shape index (κ2) is 9.57. The van der Waals surface area contributed by atoms with E-state index in [1.165, 1.54) is 0 Å². The highest BCUT2D eigenvalue weighted by Gasteiger charge is 2.68. The lowest BCUT2D eigenvalue weighted by Crippen LogP contribution is -2.63. The quantitative estimate of drug-likeness (QED) is 0.465. The van der Waals surface area contributed by atoms with Crippen LogP contribution in [0.3, 0.4) is 0 Å². The molecule has 10 nitrogen and oxygen atoms in total. The van der Waals surface area contributed by atoms with E-state index in [0.717, 1.165) is 12.8 Å². The maximum absolute atomic E-state index is 13.5. The zero-order valence-electron chi connectivity index (χ0n) is 22.7. The van der Waals surface area contributed by atoms with Crippen LogP contribution in [-0.2, 0) is 23.7 Å². The highest BCUT2D eigenvalue weighted by Crippen LogP contribution is 2.68. The number of ketones is 1. The first-order chi connectivity index (χ1) is 17.9. The summed E-state index contributed by atoms with van der Waals surface area (Å²) in [4.78, 5) is 39.1. The van der Waals surface area contributed by atoms with Gasteiger partial charge < -0.3 is 29.2 Å². The molecule has 5 rings (SSSR count). The number of carbonyl (C=O) groups excluding carboxylic acids is 3. The Morgan fingerprint density at radius 1 is 1.08 bits per heavy atom. The highest BCUT2D eigenvalue weighted by molar-refractivity contribution is 5.88. The van der Waals surface area contributed by atoms with Crippen molar-refractivity contribution in [3.05, 3.63) is 12.7 Å². The number of aliphatic hydroxyl groups is 2. The van der Waals surface area contributed by atoms with Gasteiger partial charge >= 0.3 is 12.2 Å². The molecule has 38 heavy (non-hydrogen) atoms. The number of amides is 2.